The fraction of sp³-hybridized carbons (Fsp3) is 0.308. The van der Waals surface area contributed by atoms with E-state index in [1.54, 1.807) is 19.2 Å². The second kappa shape index (κ2) is 11.6. The summed E-state index contributed by atoms with van der Waals surface area (Å²) in [7, 11) is 1.59. The van der Waals surface area contributed by atoms with Crippen LogP contribution in [0, 0.1) is 5.82 Å². The monoisotopic (exact) mass is 498 g/mol. The maximum atomic E-state index is 14.0. The highest BCUT2D eigenvalue weighted by molar-refractivity contribution is 6.27. The average Bonchev–Trinajstić information content (AvgIpc) is 3.34. The lowest BCUT2D eigenvalue weighted by Gasteiger charge is -2.22. The van der Waals surface area contributed by atoms with Gasteiger partial charge in [0.1, 0.15) is 17.1 Å². The van der Waals surface area contributed by atoms with Gasteiger partial charge >= 0.3 is 5.97 Å². The van der Waals surface area contributed by atoms with Crippen LogP contribution >= 0.6 is 0 Å². The minimum Gasteiger partial charge on any atom is -0.506 e. The van der Waals surface area contributed by atoms with E-state index in [2.05, 4.69) is 10.2 Å². The normalized spacial score (nSPS) is 15.1. The van der Waals surface area contributed by atoms with Gasteiger partial charge in [-0.25, -0.2) is 9.18 Å². The van der Waals surface area contributed by atoms with Crippen molar-refractivity contribution in [3.63, 3.8) is 0 Å². The molecule has 0 bridgehead atoms. The fourth-order valence-electron chi connectivity index (χ4n) is 4.59. The summed E-state index contributed by atoms with van der Waals surface area (Å²) in [6.45, 7) is 2.04. The molecule has 2 aliphatic rings. The second-order valence-corrected chi connectivity index (χ2v) is 8.53. The van der Waals surface area contributed by atoms with Crippen LogP contribution in [0.1, 0.15) is 45.5 Å². The highest BCUT2D eigenvalue weighted by Gasteiger charge is 2.32. The van der Waals surface area contributed by atoms with Gasteiger partial charge in [0.15, 0.2) is 11.6 Å². The summed E-state index contributed by atoms with van der Waals surface area (Å²) in [5.41, 5.74) is 2.04. The molecule has 4 N–H and O–H groups in total. The van der Waals surface area contributed by atoms with E-state index in [1.807, 2.05) is 0 Å². The maximum Gasteiger partial charge on any atom is 0.335 e. The van der Waals surface area contributed by atoms with Gasteiger partial charge in [-0.1, -0.05) is 6.07 Å². The number of allylic oxidation sites excluding steroid dienone is 1. The Morgan fingerprint density at radius 3 is 2.42 bits per heavy atom. The van der Waals surface area contributed by atoms with Crippen molar-refractivity contribution in [2.75, 3.05) is 25.5 Å². The first-order chi connectivity index (χ1) is 17.2. The number of benzene rings is 2. The van der Waals surface area contributed by atoms with Gasteiger partial charge in [-0.3, -0.25) is 19.3 Å². The van der Waals surface area contributed by atoms with Crippen LogP contribution in [0.2, 0.25) is 0 Å². The van der Waals surface area contributed by atoms with Crippen molar-refractivity contribution in [2.24, 2.45) is 0 Å². The molecule has 0 saturated carbocycles. The molecule has 9 nitrogen and oxygen atoms in total. The molecule has 1 saturated heterocycles. The highest BCUT2D eigenvalue weighted by Crippen LogP contribution is 2.34. The Kier molecular flexibility index (Phi) is 8.55. The van der Waals surface area contributed by atoms with Crippen molar-refractivity contribution in [3.05, 3.63) is 69.5 Å². The van der Waals surface area contributed by atoms with Crippen molar-refractivity contribution in [1.29, 1.82) is 0 Å². The first kappa shape index (κ1) is 26.6. The van der Waals surface area contributed by atoms with Gasteiger partial charge in [-0.2, -0.15) is 0 Å². The van der Waals surface area contributed by atoms with Gasteiger partial charge in [-0.05, 0) is 66.9 Å². The molecule has 1 aliphatic heterocycles. The predicted octanol–water partition coefficient (Wildman–Crippen LogP) is 3.07. The highest BCUT2D eigenvalue weighted by atomic mass is 19.1. The van der Waals surface area contributed by atoms with Crippen LogP contribution in [0.25, 0.3) is 5.76 Å². The van der Waals surface area contributed by atoms with Gasteiger partial charge in [0.25, 0.3) is 6.47 Å². The molecule has 0 amide bonds. The van der Waals surface area contributed by atoms with E-state index in [-0.39, 0.29) is 36.0 Å². The van der Waals surface area contributed by atoms with Gasteiger partial charge in [0.05, 0.1) is 5.56 Å². The molecule has 0 atom stereocenters. The van der Waals surface area contributed by atoms with Gasteiger partial charge in [0, 0.05) is 37.7 Å². The number of rotatable bonds is 7. The number of carbonyl (C=O) groups excluding carboxylic acids is 2. The predicted molar refractivity (Wildman–Crippen MR) is 130 cm³/mol. The number of hydrogen-bond donors (Lipinski definition) is 4. The Labute approximate surface area is 206 Å². The topological polar surface area (TPSA) is 144 Å². The van der Waals surface area contributed by atoms with Crippen molar-refractivity contribution < 1.29 is 38.9 Å². The van der Waals surface area contributed by atoms with Crippen LogP contribution in [0.5, 0.6) is 0 Å². The van der Waals surface area contributed by atoms with Crippen LogP contribution in [-0.2, 0) is 33.8 Å². The van der Waals surface area contributed by atoms with Crippen LogP contribution in [0.3, 0.4) is 0 Å². The number of carboxylic acid groups (broad SMARTS) is 2. The SMILES string of the molecule is CNc1cc(F)cc2c1CC(=O)C(C(=O)Cc1ccc(C(=O)O)cc1CN1CCCC1)=C2O.O=CO. The molecule has 0 unspecified atom stereocenters. The summed E-state index contributed by atoms with van der Waals surface area (Å²) in [6, 6.07) is 6.93. The van der Waals surface area contributed by atoms with E-state index in [4.69, 9.17) is 9.90 Å². The summed E-state index contributed by atoms with van der Waals surface area (Å²) in [4.78, 5) is 48.0. The number of nitrogens with one attached hydrogen (secondary N) is 1. The number of carbonyl (C=O) groups is 4. The van der Waals surface area contributed by atoms with Crippen LogP contribution in [-0.4, -0.2) is 64.4 Å². The van der Waals surface area contributed by atoms with Crippen molar-refractivity contribution >= 4 is 35.5 Å². The first-order valence-corrected chi connectivity index (χ1v) is 11.4. The minimum absolute atomic E-state index is 0.125. The lowest BCUT2D eigenvalue weighted by Crippen LogP contribution is -2.25. The molecule has 1 aliphatic carbocycles. The molecule has 36 heavy (non-hydrogen) atoms. The molecule has 4 rings (SSSR count). The molecule has 0 radical (unpaired) electrons. The quantitative estimate of drug-likeness (QED) is 0.334. The lowest BCUT2D eigenvalue weighted by molar-refractivity contribution is -0.123. The van der Waals surface area contributed by atoms with Crippen LogP contribution in [0.4, 0.5) is 10.1 Å². The third-order valence-electron chi connectivity index (χ3n) is 6.27. The number of nitrogens with zero attached hydrogens (tertiary/aromatic N) is 1. The maximum absolute atomic E-state index is 14.0. The summed E-state index contributed by atoms with van der Waals surface area (Å²) >= 11 is 0. The van der Waals surface area contributed by atoms with Crippen molar-refractivity contribution in [3.8, 4) is 0 Å². The summed E-state index contributed by atoms with van der Waals surface area (Å²) in [6.07, 6.45) is 1.83. The van der Waals surface area contributed by atoms with E-state index in [9.17, 15) is 29.0 Å². The fourth-order valence-corrected chi connectivity index (χ4v) is 4.59. The number of fused-ring (bicyclic) bond motifs is 1. The van der Waals surface area contributed by atoms with E-state index in [1.165, 1.54) is 12.1 Å². The average molecular weight is 499 g/mol. The standard InChI is InChI=1S/C25H25FN2O5.CH2O2/c1-27-20-11-17(26)10-19-18(20)12-22(30)23(24(19)31)21(29)9-14-4-5-15(25(32)33)8-16(14)13-28-6-2-3-7-28;2-1-3/h4-5,8,10-11,27,31H,2-3,6-7,9,12-13H2,1H3,(H,32,33);1H,(H,2,3). The number of aliphatic hydroxyl groups is 1. The molecule has 190 valence electrons. The van der Waals surface area contributed by atoms with Crippen molar-refractivity contribution in [1.82, 2.24) is 4.90 Å². The summed E-state index contributed by atoms with van der Waals surface area (Å²) in [5.74, 6) is -3.29. The molecule has 2 aromatic rings. The smallest absolute Gasteiger partial charge is 0.335 e. The molecule has 0 aromatic heterocycles. The summed E-state index contributed by atoms with van der Waals surface area (Å²) < 4.78 is 14.0. The van der Waals surface area contributed by atoms with E-state index in [0.717, 1.165) is 32.0 Å². The number of anilines is 1. The zero-order valence-electron chi connectivity index (χ0n) is 19.7. The minimum atomic E-state index is -1.06. The van der Waals surface area contributed by atoms with Gasteiger partial charge in [-0.15, -0.1) is 0 Å². The largest absolute Gasteiger partial charge is 0.506 e. The lowest BCUT2D eigenvalue weighted by atomic mass is 9.84. The van der Waals surface area contributed by atoms with E-state index in [0.29, 0.717) is 28.9 Å². The van der Waals surface area contributed by atoms with E-state index >= 15 is 0 Å². The zero-order valence-corrected chi connectivity index (χ0v) is 19.7. The van der Waals surface area contributed by atoms with Crippen molar-refractivity contribution in [2.45, 2.75) is 32.2 Å². The molecule has 1 fully saturated rings. The molecule has 0 spiro atoms. The molecular formula is C26H27FN2O7. The Balaban J connectivity index is 0.00000115. The molecule has 10 heteroatoms. The zero-order chi connectivity index (χ0) is 26.4. The van der Waals surface area contributed by atoms with Crippen LogP contribution in [0.15, 0.2) is 35.9 Å². The number of likely N-dealkylation sites (tertiary alicyclic amines) is 1. The number of halogens is 1. The van der Waals surface area contributed by atoms with E-state index < -0.39 is 29.1 Å². The third-order valence-corrected chi connectivity index (χ3v) is 6.27. The number of hydrogen-bond acceptors (Lipinski definition) is 7. The van der Waals surface area contributed by atoms with Crippen LogP contribution < -0.4 is 5.32 Å². The molecule has 2 aromatic carbocycles. The number of Topliss-reactive ketones (excluding diaryl/α,β-unsaturated/α-hetero) is 2. The Bertz CT molecular complexity index is 1230. The first-order valence-electron chi connectivity index (χ1n) is 11.4. The molecular weight excluding hydrogens is 471 g/mol. The second-order valence-electron chi connectivity index (χ2n) is 8.53. The Hall–Kier alpha value is -4.05. The number of aliphatic hydroxyl groups excluding tert-OH is 1. The molecule has 1 heterocycles. The van der Waals surface area contributed by atoms with Gasteiger partial charge in [0.2, 0.25) is 0 Å². The summed E-state index contributed by atoms with van der Waals surface area (Å²) in [5, 5.41) is 29.8. The number of carboxylic acids is 1. The number of ketones is 2. The van der Waals surface area contributed by atoms with Gasteiger partial charge < -0.3 is 20.6 Å². The Morgan fingerprint density at radius 1 is 1.14 bits per heavy atom. The number of aromatic carboxylic acids is 1. The Morgan fingerprint density at radius 2 is 1.81 bits per heavy atom. The third kappa shape index (κ3) is 5.77.